The van der Waals surface area contributed by atoms with Crippen molar-refractivity contribution in [1.29, 1.82) is 0 Å². The van der Waals surface area contributed by atoms with Crippen molar-refractivity contribution in [2.75, 3.05) is 5.73 Å². The summed E-state index contributed by atoms with van der Waals surface area (Å²) in [6.45, 7) is 2.11. The van der Waals surface area contributed by atoms with Crippen LogP contribution in [0.1, 0.15) is 16.7 Å². The summed E-state index contributed by atoms with van der Waals surface area (Å²) in [6.07, 6.45) is 4.21. The molecule has 3 aromatic rings. The van der Waals surface area contributed by atoms with Crippen molar-refractivity contribution in [1.82, 2.24) is 0 Å². The molecule has 0 aliphatic rings. The highest BCUT2D eigenvalue weighted by molar-refractivity contribution is 5.72. The molecule has 0 bridgehead atoms. The lowest BCUT2D eigenvalue weighted by Crippen LogP contribution is -1.82. The van der Waals surface area contributed by atoms with Crippen molar-refractivity contribution in [2.45, 2.75) is 6.92 Å². The van der Waals surface area contributed by atoms with E-state index in [0.717, 1.165) is 11.3 Å². The minimum Gasteiger partial charge on any atom is -0.399 e. The molecular weight excluding hydrogens is 266 g/mol. The highest BCUT2D eigenvalue weighted by atomic mass is 14.5. The van der Waals surface area contributed by atoms with E-state index in [0.29, 0.717) is 0 Å². The van der Waals surface area contributed by atoms with Crippen LogP contribution in [0.15, 0.2) is 72.8 Å². The fourth-order valence-electron chi connectivity index (χ4n) is 2.33. The maximum atomic E-state index is 5.69. The summed E-state index contributed by atoms with van der Waals surface area (Å²) in [5.41, 5.74) is 12.6. The predicted octanol–water partition coefficient (Wildman–Crippen LogP) is 5.41. The second kappa shape index (κ2) is 6.31. The zero-order chi connectivity index (χ0) is 15.4. The first kappa shape index (κ1) is 14.2. The Hall–Kier alpha value is -2.80. The highest BCUT2D eigenvalue weighted by Gasteiger charge is 1.97. The van der Waals surface area contributed by atoms with Crippen molar-refractivity contribution in [2.24, 2.45) is 0 Å². The van der Waals surface area contributed by atoms with E-state index in [1.807, 2.05) is 24.3 Å². The van der Waals surface area contributed by atoms with Crippen LogP contribution in [0.4, 0.5) is 5.69 Å². The van der Waals surface area contributed by atoms with E-state index in [2.05, 4.69) is 67.6 Å². The Balaban J connectivity index is 1.76. The largest absolute Gasteiger partial charge is 0.399 e. The van der Waals surface area contributed by atoms with Crippen LogP contribution < -0.4 is 5.73 Å². The summed E-state index contributed by atoms with van der Waals surface area (Å²) < 4.78 is 0. The molecule has 0 radical (unpaired) electrons. The lowest BCUT2D eigenvalue weighted by atomic mass is 10.0. The van der Waals surface area contributed by atoms with E-state index in [-0.39, 0.29) is 0 Å². The molecule has 0 atom stereocenters. The first-order valence-electron chi connectivity index (χ1n) is 7.41. The van der Waals surface area contributed by atoms with Gasteiger partial charge in [0.1, 0.15) is 0 Å². The quantitative estimate of drug-likeness (QED) is 0.505. The molecule has 1 heteroatoms. The predicted molar refractivity (Wildman–Crippen MR) is 96.4 cm³/mol. The molecule has 0 aliphatic heterocycles. The van der Waals surface area contributed by atoms with Crippen LogP contribution in [-0.2, 0) is 0 Å². The summed E-state index contributed by atoms with van der Waals surface area (Å²) in [7, 11) is 0. The first-order chi connectivity index (χ1) is 10.7. The van der Waals surface area contributed by atoms with Crippen molar-refractivity contribution >= 4 is 17.8 Å². The van der Waals surface area contributed by atoms with Gasteiger partial charge < -0.3 is 5.73 Å². The van der Waals surface area contributed by atoms with Crippen molar-refractivity contribution < 1.29 is 0 Å². The van der Waals surface area contributed by atoms with Gasteiger partial charge in [-0.1, -0.05) is 78.4 Å². The molecule has 0 fully saturated rings. The number of aryl methyl sites for hydroxylation is 1. The minimum atomic E-state index is 0.791. The third kappa shape index (κ3) is 3.44. The smallest absolute Gasteiger partial charge is 0.0314 e. The molecule has 2 N–H and O–H groups in total. The molecule has 0 heterocycles. The zero-order valence-electron chi connectivity index (χ0n) is 12.7. The molecule has 3 aromatic carbocycles. The molecule has 22 heavy (non-hydrogen) atoms. The van der Waals surface area contributed by atoms with E-state index in [9.17, 15) is 0 Å². The molecular formula is C21H19N. The van der Waals surface area contributed by atoms with E-state index in [1.54, 1.807) is 0 Å². The molecule has 0 aromatic heterocycles. The van der Waals surface area contributed by atoms with Crippen LogP contribution >= 0.6 is 0 Å². The van der Waals surface area contributed by atoms with Crippen molar-refractivity contribution in [3.63, 3.8) is 0 Å². The molecule has 0 amide bonds. The van der Waals surface area contributed by atoms with Crippen LogP contribution in [0.2, 0.25) is 0 Å². The molecule has 1 nitrogen and oxygen atoms in total. The fourth-order valence-corrected chi connectivity index (χ4v) is 2.33. The summed E-state index contributed by atoms with van der Waals surface area (Å²) in [6, 6.07) is 25.1. The number of anilines is 1. The van der Waals surface area contributed by atoms with Gasteiger partial charge in [0.05, 0.1) is 0 Å². The van der Waals surface area contributed by atoms with Crippen LogP contribution in [0.5, 0.6) is 0 Å². The van der Waals surface area contributed by atoms with Gasteiger partial charge in [0, 0.05) is 5.69 Å². The number of nitrogen functional groups attached to an aromatic ring is 1. The number of benzene rings is 3. The molecule has 0 saturated carbocycles. The lowest BCUT2D eigenvalue weighted by Gasteiger charge is -2.03. The van der Waals surface area contributed by atoms with Gasteiger partial charge in [0.25, 0.3) is 0 Å². The highest BCUT2D eigenvalue weighted by Crippen LogP contribution is 2.21. The third-order valence-electron chi connectivity index (χ3n) is 3.70. The third-order valence-corrected chi connectivity index (χ3v) is 3.70. The molecule has 0 aliphatic carbocycles. The number of nitrogens with two attached hydrogens (primary N) is 1. The van der Waals surface area contributed by atoms with Crippen LogP contribution in [-0.4, -0.2) is 0 Å². The average molecular weight is 285 g/mol. The van der Waals surface area contributed by atoms with Gasteiger partial charge in [-0.3, -0.25) is 0 Å². The van der Waals surface area contributed by atoms with Gasteiger partial charge in [-0.15, -0.1) is 0 Å². The van der Waals surface area contributed by atoms with E-state index >= 15 is 0 Å². The molecule has 0 saturated heterocycles. The average Bonchev–Trinajstić information content (AvgIpc) is 2.56. The molecule has 0 unspecified atom stereocenters. The molecule has 108 valence electrons. The number of rotatable bonds is 3. The molecule has 0 spiro atoms. The summed E-state index contributed by atoms with van der Waals surface area (Å²) in [4.78, 5) is 0. The number of hydrogen-bond donors (Lipinski definition) is 1. The Morgan fingerprint density at radius 2 is 1.00 bits per heavy atom. The number of hydrogen-bond acceptors (Lipinski definition) is 1. The van der Waals surface area contributed by atoms with Gasteiger partial charge in [-0.05, 0) is 41.3 Å². The summed E-state index contributed by atoms with van der Waals surface area (Å²) >= 11 is 0. The molecule has 3 rings (SSSR count). The fraction of sp³-hybridized carbons (Fsp3) is 0.0476. The van der Waals surface area contributed by atoms with Crippen LogP contribution in [0.25, 0.3) is 23.3 Å². The second-order valence-corrected chi connectivity index (χ2v) is 5.49. The van der Waals surface area contributed by atoms with E-state index < -0.39 is 0 Å². The Bertz CT molecular complexity index is 764. The lowest BCUT2D eigenvalue weighted by molar-refractivity contribution is 1.47. The van der Waals surface area contributed by atoms with Gasteiger partial charge in [0.15, 0.2) is 0 Å². The Kier molecular flexibility index (Phi) is 4.06. The van der Waals surface area contributed by atoms with Crippen LogP contribution in [0, 0.1) is 6.92 Å². The normalized spacial score (nSPS) is 11.0. The first-order valence-corrected chi connectivity index (χ1v) is 7.41. The van der Waals surface area contributed by atoms with Crippen molar-refractivity contribution in [3.05, 3.63) is 89.5 Å². The Labute approximate surface area is 131 Å². The zero-order valence-corrected chi connectivity index (χ0v) is 12.7. The van der Waals surface area contributed by atoms with E-state index in [4.69, 9.17) is 5.73 Å². The maximum Gasteiger partial charge on any atom is 0.0314 e. The SMILES string of the molecule is Cc1ccc(-c2ccc(/C=C/c3ccc(N)cc3)cc2)cc1. The topological polar surface area (TPSA) is 26.0 Å². The Morgan fingerprint density at radius 1 is 0.591 bits per heavy atom. The van der Waals surface area contributed by atoms with Crippen LogP contribution in [0.3, 0.4) is 0 Å². The Morgan fingerprint density at radius 3 is 1.50 bits per heavy atom. The summed E-state index contributed by atoms with van der Waals surface area (Å²) in [5, 5.41) is 0. The monoisotopic (exact) mass is 285 g/mol. The second-order valence-electron chi connectivity index (χ2n) is 5.49. The van der Waals surface area contributed by atoms with Gasteiger partial charge >= 0.3 is 0 Å². The van der Waals surface area contributed by atoms with E-state index in [1.165, 1.54) is 22.3 Å². The maximum absolute atomic E-state index is 5.69. The summed E-state index contributed by atoms with van der Waals surface area (Å²) in [5.74, 6) is 0. The standard InChI is InChI=1S/C21H19N/c1-16-2-10-19(11-3-16)20-12-6-17(7-13-20)4-5-18-8-14-21(22)15-9-18/h2-15H,22H2,1H3/b5-4+. The van der Waals surface area contributed by atoms with Crippen molar-refractivity contribution in [3.8, 4) is 11.1 Å². The van der Waals surface area contributed by atoms with Gasteiger partial charge in [0.2, 0.25) is 0 Å². The van der Waals surface area contributed by atoms with Gasteiger partial charge in [-0.2, -0.15) is 0 Å². The van der Waals surface area contributed by atoms with Gasteiger partial charge in [-0.25, -0.2) is 0 Å². The minimum absolute atomic E-state index is 0.791.